The first-order valence-corrected chi connectivity index (χ1v) is 5.92. The van der Waals surface area contributed by atoms with Crippen LogP contribution in [-0.4, -0.2) is 17.1 Å². The van der Waals surface area contributed by atoms with Gasteiger partial charge < -0.3 is 9.30 Å². The minimum absolute atomic E-state index is 0.291. The monoisotopic (exact) mass is 323 g/mol. The second-order valence-electron chi connectivity index (χ2n) is 2.63. The van der Waals surface area contributed by atoms with E-state index < -0.39 is 0 Å². The minimum atomic E-state index is -0.291. The van der Waals surface area contributed by atoms with Gasteiger partial charge in [-0.2, -0.15) is 0 Å². The lowest BCUT2D eigenvalue weighted by molar-refractivity contribution is 0.0513. The normalized spacial score (nSPS) is 10.3. The highest BCUT2D eigenvalue weighted by Crippen LogP contribution is 2.27. The van der Waals surface area contributed by atoms with E-state index in [2.05, 4.69) is 31.9 Å². The van der Waals surface area contributed by atoms with Gasteiger partial charge in [0.05, 0.1) is 15.7 Å². The molecular formula is C9H11Br2NO2. The molecule has 0 unspecified atom stereocenters. The Morgan fingerprint density at radius 1 is 1.50 bits per heavy atom. The van der Waals surface area contributed by atoms with E-state index in [9.17, 15) is 4.79 Å². The quantitative estimate of drug-likeness (QED) is 0.799. The third kappa shape index (κ3) is 2.20. The third-order valence-electron chi connectivity index (χ3n) is 1.79. The maximum Gasteiger partial charge on any atom is 0.355 e. The van der Waals surface area contributed by atoms with Crippen molar-refractivity contribution >= 4 is 37.8 Å². The Kier molecular flexibility index (Phi) is 4.19. The van der Waals surface area contributed by atoms with Gasteiger partial charge in [-0.1, -0.05) is 0 Å². The standard InChI is InChI=1S/C9H11Br2NO2/c1-3-12-7(9(13)14-4-2)5-6(10)8(12)11/h5H,3-4H2,1-2H3. The lowest BCUT2D eigenvalue weighted by atomic mass is 10.4. The average molecular weight is 325 g/mol. The van der Waals surface area contributed by atoms with Crippen LogP contribution in [0, 0.1) is 0 Å². The van der Waals surface area contributed by atoms with Gasteiger partial charge in [-0.3, -0.25) is 0 Å². The van der Waals surface area contributed by atoms with Crippen molar-refractivity contribution in [2.24, 2.45) is 0 Å². The van der Waals surface area contributed by atoms with Crippen molar-refractivity contribution in [3.63, 3.8) is 0 Å². The van der Waals surface area contributed by atoms with Gasteiger partial charge in [-0.25, -0.2) is 4.79 Å². The molecule has 3 nitrogen and oxygen atoms in total. The molecule has 0 aliphatic heterocycles. The topological polar surface area (TPSA) is 31.2 Å². The van der Waals surface area contributed by atoms with E-state index in [0.717, 1.165) is 15.6 Å². The van der Waals surface area contributed by atoms with Crippen LogP contribution in [0.1, 0.15) is 24.3 Å². The summed E-state index contributed by atoms with van der Waals surface area (Å²) in [6.07, 6.45) is 0. The van der Waals surface area contributed by atoms with Gasteiger partial charge in [-0.15, -0.1) is 0 Å². The molecule has 1 heterocycles. The number of carbonyl (C=O) groups is 1. The Hall–Kier alpha value is -0.290. The maximum atomic E-state index is 11.5. The van der Waals surface area contributed by atoms with Gasteiger partial charge in [0, 0.05) is 6.54 Å². The average Bonchev–Trinajstić information content (AvgIpc) is 2.44. The number of nitrogens with zero attached hydrogens (tertiary/aromatic N) is 1. The fourth-order valence-electron chi connectivity index (χ4n) is 1.18. The molecule has 1 aromatic rings. The highest BCUT2D eigenvalue weighted by molar-refractivity contribution is 9.13. The van der Waals surface area contributed by atoms with E-state index in [-0.39, 0.29) is 5.97 Å². The molecule has 0 spiro atoms. The van der Waals surface area contributed by atoms with Crippen LogP contribution in [0.5, 0.6) is 0 Å². The fourth-order valence-corrected chi connectivity index (χ4v) is 2.16. The molecule has 5 heteroatoms. The molecule has 0 bridgehead atoms. The molecule has 0 saturated heterocycles. The van der Waals surface area contributed by atoms with Crippen LogP contribution in [0.25, 0.3) is 0 Å². The first kappa shape index (κ1) is 11.8. The van der Waals surface area contributed by atoms with E-state index in [1.54, 1.807) is 13.0 Å². The van der Waals surface area contributed by atoms with Crippen LogP contribution in [0.4, 0.5) is 0 Å². The second kappa shape index (κ2) is 4.98. The summed E-state index contributed by atoms with van der Waals surface area (Å²) in [5, 5.41) is 0. The highest BCUT2D eigenvalue weighted by Gasteiger charge is 2.17. The minimum Gasteiger partial charge on any atom is -0.461 e. The number of halogens is 2. The van der Waals surface area contributed by atoms with Gasteiger partial charge in [0.2, 0.25) is 0 Å². The van der Waals surface area contributed by atoms with Gasteiger partial charge >= 0.3 is 5.97 Å². The largest absolute Gasteiger partial charge is 0.461 e. The third-order valence-corrected chi connectivity index (χ3v) is 3.78. The molecule has 0 radical (unpaired) electrons. The maximum absolute atomic E-state index is 11.5. The number of esters is 1. The van der Waals surface area contributed by atoms with E-state index in [4.69, 9.17) is 4.74 Å². The molecule has 78 valence electrons. The Labute approximate surface area is 99.7 Å². The SMILES string of the molecule is CCOC(=O)c1cc(Br)c(Br)n1CC. The summed E-state index contributed by atoms with van der Waals surface area (Å²) in [5.74, 6) is -0.291. The number of ether oxygens (including phenoxy) is 1. The molecule has 0 amide bonds. The van der Waals surface area contributed by atoms with Gasteiger partial charge in [-0.05, 0) is 51.8 Å². The smallest absolute Gasteiger partial charge is 0.355 e. The van der Waals surface area contributed by atoms with Gasteiger partial charge in [0.25, 0.3) is 0 Å². The molecule has 0 aliphatic carbocycles. The predicted octanol–water partition coefficient (Wildman–Crippen LogP) is 3.21. The Morgan fingerprint density at radius 2 is 2.14 bits per heavy atom. The van der Waals surface area contributed by atoms with Crippen molar-refractivity contribution in [3.8, 4) is 0 Å². The Balaban J connectivity index is 3.08. The van der Waals surface area contributed by atoms with Crippen molar-refractivity contribution in [2.45, 2.75) is 20.4 Å². The molecule has 0 N–H and O–H groups in total. The van der Waals surface area contributed by atoms with Crippen LogP contribution in [0.3, 0.4) is 0 Å². The summed E-state index contributed by atoms with van der Waals surface area (Å²) in [6.45, 7) is 4.88. The summed E-state index contributed by atoms with van der Waals surface area (Å²) >= 11 is 6.74. The zero-order chi connectivity index (χ0) is 10.7. The van der Waals surface area contributed by atoms with E-state index in [0.29, 0.717) is 12.3 Å². The van der Waals surface area contributed by atoms with E-state index in [1.807, 2.05) is 11.5 Å². The summed E-state index contributed by atoms with van der Waals surface area (Å²) < 4.78 is 8.51. The zero-order valence-corrected chi connectivity index (χ0v) is 11.2. The fraction of sp³-hybridized carbons (Fsp3) is 0.444. The molecule has 1 aromatic heterocycles. The van der Waals surface area contributed by atoms with Gasteiger partial charge in [0.15, 0.2) is 0 Å². The van der Waals surface area contributed by atoms with Crippen LogP contribution in [0.15, 0.2) is 15.1 Å². The summed E-state index contributed by atoms with van der Waals surface area (Å²) in [5.41, 5.74) is 0.563. The Morgan fingerprint density at radius 3 is 2.64 bits per heavy atom. The molecule has 0 aliphatic rings. The highest BCUT2D eigenvalue weighted by atomic mass is 79.9. The van der Waals surface area contributed by atoms with Crippen LogP contribution in [0.2, 0.25) is 0 Å². The molecule has 1 rings (SSSR count). The van der Waals surface area contributed by atoms with E-state index in [1.165, 1.54) is 0 Å². The summed E-state index contributed by atoms with van der Waals surface area (Å²) in [7, 11) is 0. The molecule has 0 aromatic carbocycles. The van der Waals surface area contributed by atoms with Crippen LogP contribution in [-0.2, 0) is 11.3 Å². The van der Waals surface area contributed by atoms with Crippen molar-refractivity contribution in [3.05, 3.63) is 20.8 Å². The first-order chi connectivity index (χ1) is 6.61. The van der Waals surface area contributed by atoms with E-state index >= 15 is 0 Å². The number of rotatable bonds is 3. The molecule has 0 saturated carbocycles. The van der Waals surface area contributed by atoms with Crippen molar-refractivity contribution in [1.29, 1.82) is 0 Å². The first-order valence-electron chi connectivity index (χ1n) is 4.33. The van der Waals surface area contributed by atoms with Crippen LogP contribution >= 0.6 is 31.9 Å². The van der Waals surface area contributed by atoms with Crippen molar-refractivity contribution in [2.75, 3.05) is 6.61 Å². The molecule has 0 atom stereocenters. The summed E-state index contributed by atoms with van der Waals surface area (Å²) in [6, 6.07) is 1.76. The van der Waals surface area contributed by atoms with Gasteiger partial charge in [0.1, 0.15) is 5.69 Å². The molecular weight excluding hydrogens is 314 g/mol. The molecule has 14 heavy (non-hydrogen) atoms. The van der Waals surface area contributed by atoms with Crippen molar-refractivity contribution < 1.29 is 9.53 Å². The lowest BCUT2D eigenvalue weighted by Gasteiger charge is -2.06. The Bertz CT molecular complexity index is 347. The number of hydrogen-bond acceptors (Lipinski definition) is 2. The lowest BCUT2D eigenvalue weighted by Crippen LogP contribution is -2.11. The molecule has 0 fully saturated rings. The predicted molar refractivity (Wildman–Crippen MR) is 61.5 cm³/mol. The summed E-state index contributed by atoms with van der Waals surface area (Å²) in [4.78, 5) is 11.5. The number of carbonyl (C=O) groups excluding carboxylic acids is 1. The number of hydrogen-bond donors (Lipinski definition) is 0. The number of aromatic nitrogens is 1. The van der Waals surface area contributed by atoms with Crippen LogP contribution < -0.4 is 0 Å². The second-order valence-corrected chi connectivity index (χ2v) is 4.24. The van der Waals surface area contributed by atoms with Crippen molar-refractivity contribution in [1.82, 2.24) is 4.57 Å². The zero-order valence-electron chi connectivity index (χ0n) is 8.01.